The number of Topliss-reactive ketones (excluding diaryl/α,β-unsaturated/α-hetero) is 1. The first-order valence-electron chi connectivity index (χ1n) is 5.39. The van der Waals surface area contributed by atoms with Crippen molar-refractivity contribution in [3.05, 3.63) is 68.4 Å². The fourth-order valence-electron chi connectivity index (χ4n) is 1.64. The molecule has 0 aliphatic carbocycles. The summed E-state index contributed by atoms with van der Waals surface area (Å²) in [6.07, 6.45) is 0.0408. The van der Waals surface area contributed by atoms with E-state index in [0.29, 0.717) is 15.6 Å². The summed E-state index contributed by atoms with van der Waals surface area (Å²) < 4.78 is 13.1. The molecule has 2 rings (SSSR count). The molecule has 0 saturated carbocycles. The molecule has 98 valence electrons. The molecule has 0 amide bonds. The van der Waals surface area contributed by atoms with Gasteiger partial charge >= 0.3 is 0 Å². The zero-order valence-electron chi connectivity index (χ0n) is 9.59. The molecule has 5 heteroatoms. The van der Waals surface area contributed by atoms with Crippen molar-refractivity contribution in [2.75, 3.05) is 0 Å². The molecule has 0 N–H and O–H groups in total. The average Bonchev–Trinajstić information content (AvgIpc) is 2.35. The van der Waals surface area contributed by atoms with Gasteiger partial charge in [-0.15, -0.1) is 0 Å². The second kappa shape index (κ2) is 5.91. The molecule has 0 saturated heterocycles. The predicted octanol–water partition coefficient (Wildman–Crippen LogP) is 5.21. The molecule has 2 aromatic rings. The van der Waals surface area contributed by atoms with Crippen molar-refractivity contribution in [3.8, 4) is 0 Å². The Labute approximate surface area is 124 Å². The first kappa shape index (κ1) is 14.3. The van der Waals surface area contributed by atoms with Gasteiger partial charge in [0.2, 0.25) is 0 Å². The Morgan fingerprint density at radius 1 is 1.00 bits per heavy atom. The SMILES string of the molecule is O=C(Cc1ccc(Cl)cc1Cl)c1cc(F)ccc1Cl. The van der Waals surface area contributed by atoms with Gasteiger partial charge in [-0.2, -0.15) is 0 Å². The highest BCUT2D eigenvalue weighted by atomic mass is 35.5. The smallest absolute Gasteiger partial charge is 0.168 e. The summed E-state index contributed by atoms with van der Waals surface area (Å²) in [7, 11) is 0. The number of rotatable bonds is 3. The van der Waals surface area contributed by atoms with E-state index in [2.05, 4.69) is 0 Å². The van der Waals surface area contributed by atoms with E-state index in [0.717, 1.165) is 6.07 Å². The average molecular weight is 318 g/mol. The Morgan fingerprint density at radius 3 is 2.42 bits per heavy atom. The Morgan fingerprint density at radius 2 is 1.74 bits per heavy atom. The van der Waals surface area contributed by atoms with Crippen LogP contribution < -0.4 is 0 Å². The van der Waals surface area contributed by atoms with E-state index in [-0.39, 0.29) is 22.8 Å². The molecule has 1 nitrogen and oxygen atoms in total. The number of halogens is 4. The van der Waals surface area contributed by atoms with Crippen LogP contribution in [0.1, 0.15) is 15.9 Å². The molecule has 0 aliphatic heterocycles. The van der Waals surface area contributed by atoms with Crippen LogP contribution in [0.5, 0.6) is 0 Å². The lowest BCUT2D eigenvalue weighted by molar-refractivity contribution is 0.0992. The van der Waals surface area contributed by atoms with E-state index in [1.807, 2.05) is 0 Å². The molecule has 0 spiro atoms. The standard InChI is InChI=1S/C14H8Cl3FO/c15-9-2-1-8(13(17)6-9)5-14(19)11-7-10(18)3-4-12(11)16/h1-4,6-7H,5H2. The third kappa shape index (κ3) is 3.47. The van der Waals surface area contributed by atoms with Crippen LogP contribution in [0.2, 0.25) is 15.1 Å². The first-order valence-corrected chi connectivity index (χ1v) is 6.53. The summed E-state index contributed by atoms with van der Waals surface area (Å²) in [4.78, 5) is 12.1. The number of ketones is 1. The minimum absolute atomic E-state index is 0.0408. The van der Waals surface area contributed by atoms with Gasteiger partial charge in [-0.1, -0.05) is 40.9 Å². The maximum absolute atomic E-state index is 13.1. The van der Waals surface area contributed by atoms with Gasteiger partial charge in [-0.25, -0.2) is 4.39 Å². The van der Waals surface area contributed by atoms with Gasteiger partial charge in [0.15, 0.2) is 5.78 Å². The molecular formula is C14H8Cl3FO. The maximum Gasteiger partial charge on any atom is 0.168 e. The second-order valence-corrected chi connectivity index (χ2v) is 5.21. The Kier molecular flexibility index (Phi) is 4.46. The van der Waals surface area contributed by atoms with Crippen molar-refractivity contribution in [3.63, 3.8) is 0 Å². The van der Waals surface area contributed by atoms with Gasteiger partial charge < -0.3 is 0 Å². The molecule has 0 fully saturated rings. The Balaban J connectivity index is 2.28. The zero-order chi connectivity index (χ0) is 14.0. The van der Waals surface area contributed by atoms with E-state index in [1.54, 1.807) is 18.2 Å². The molecule has 0 aliphatic rings. The third-order valence-corrected chi connectivity index (χ3v) is 3.51. The zero-order valence-corrected chi connectivity index (χ0v) is 11.9. The van der Waals surface area contributed by atoms with Gasteiger partial charge in [-0.05, 0) is 35.9 Å². The Bertz CT molecular complexity index is 641. The monoisotopic (exact) mass is 316 g/mol. The van der Waals surface area contributed by atoms with Gasteiger partial charge in [0.1, 0.15) is 5.82 Å². The minimum atomic E-state index is -0.505. The minimum Gasteiger partial charge on any atom is -0.294 e. The third-order valence-electron chi connectivity index (χ3n) is 2.59. The van der Waals surface area contributed by atoms with Gasteiger partial charge in [-0.3, -0.25) is 4.79 Å². The lowest BCUT2D eigenvalue weighted by Gasteiger charge is -2.06. The molecule has 0 bridgehead atoms. The van der Waals surface area contributed by atoms with Crippen LogP contribution in [-0.4, -0.2) is 5.78 Å². The quantitative estimate of drug-likeness (QED) is 0.710. The number of carbonyl (C=O) groups is 1. The van der Waals surface area contributed by atoms with E-state index >= 15 is 0 Å². The summed E-state index contributed by atoms with van der Waals surface area (Å²) in [5.41, 5.74) is 0.768. The summed E-state index contributed by atoms with van der Waals surface area (Å²) in [5, 5.41) is 1.11. The molecular weight excluding hydrogens is 310 g/mol. The fourth-order valence-corrected chi connectivity index (χ4v) is 2.34. The van der Waals surface area contributed by atoms with Crippen molar-refractivity contribution >= 4 is 40.6 Å². The maximum atomic E-state index is 13.1. The molecule has 0 unspecified atom stereocenters. The molecule has 0 atom stereocenters. The number of hydrogen-bond donors (Lipinski definition) is 0. The second-order valence-electron chi connectivity index (χ2n) is 3.96. The number of carbonyl (C=O) groups excluding carboxylic acids is 1. The lowest BCUT2D eigenvalue weighted by atomic mass is 10.0. The Hall–Kier alpha value is -1.09. The predicted molar refractivity (Wildman–Crippen MR) is 75.9 cm³/mol. The summed E-state index contributed by atoms with van der Waals surface area (Å²) in [6.45, 7) is 0. The molecule has 0 heterocycles. The van der Waals surface area contributed by atoms with Gasteiger partial charge in [0.05, 0.1) is 5.02 Å². The highest BCUT2D eigenvalue weighted by molar-refractivity contribution is 6.35. The van der Waals surface area contributed by atoms with Crippen LogP contribution in [-0.2, 0) is 6.42 Å². The normalized spacial score (nSPS) is 10.5. The van der Waals surface area contributed by atoms with Crippen LogP contribution >= 0.6 is 34.8 Å². The summed E-state index contributed by atoms with van der Waals surface area (Å²) in [6, 6.07) is 8.54. The van der Waals surface area contributed by atoms with Crippen LogP contribution in [0.3, 0.4) is 0 Å². The van der Waals surface area contributed by atoms with E-state index < -0.39 is 5.82 Å². The van der Waals surface area contributed by atoms with E-state index in [1.165, 1.54) is 12.1 Å². The van der Waals surface area contributed by atoms with Crippen LogP contribution in [0, 0.1) is 5.82 Å². The molecule has 0 aromatic heterocycles. The van der Waals surface area contributed by atoms with Crippen molar-refractivity contribution in [2.24, 2.45) is 0 Å². The first-order chi connectivity index (χ1) is 8.97. The van der Waals surface area contributed by atoms with Crippen molar-refractivity contribution in [1.82, 2.24) is 0 Å². The highest BCUT2D eigenvalue weighted by Gasteiger charge is 2.14. The van der Waals surface area contributed by atoms with Gasteiger partial charge in [0.25, 0.3) is 0 Å². The van der Waals surface area contributed by atoms with Crippen molar-refractivity contribution in [1.29, 1.82) is 0 Å². The summed E-state index contributed by atoms with van der Waals surface area (Å²) in [5.74, 6) is -0.802. The fraction of sp³-hybridized carbons (Fsp3) is 0.0714. The number of hydrogen-bond acceptors (Lipinski definition) is 1. The largest absolute Gasteiger partial charge is 0.294 e. The topological polar surface area (TPSA) is 17.1 Å². The number of benzene rings is 2. The van der Waals surface area contributed by atoms with Crippen molar-refractivity contribution in [2.45, 2.75) is 6.42 Å². The molecule has 0 radical (unpaired) electrons. The van der Waals surface area contributed by atoms with E-state index in [9.17, 15) is 9.18 Å². The van der Waals surface area contributed by atoms with Gasteiger partial charge in [0, 0.05) is 22.0 Å². The molecule has 19 heavy (non-hydrogen) atoms. The van der Waals surface area contributed by atoms with Crippen LogP contribution in [0.25, 0.3) is 0 Å². The van der Waals surface area contributed by atoms with Crippen LogP contribution in [0.4, 0.5) is 4.39 Å². The van der Waals surface area contributed by atoms with Crippen LogP contribution in [0.15, 0.2) is 36.4 Å². The summed E-state index contributed by atoms with van der Waals surface area (Å²) >= 11 is 17.6. The highest BCUT2D eigenvalue weighted by Crippen LogP contribution is 2.24. The van der Waals surface area contributed by atoms with E-state index in [4.69, 9.17) is 34.8 Å². The molecule has 2 aromatic carbocycles. The van der Waals surface area contributed by atoms with Crippen molar-refractivity contribution < 1.29 is 9.18 Å². The lowest BCUT2D eigenvalue weighted by Crippen LogP contribution is -2.05.